The highest BCUT2D eigenvalue weighted by Crippen LogP contribution is 2.47. The largest absolute Gasteiger partial charge is 0.508 e. The summed E-state index contributed by atoms with van der Waals surface area (Å²) in [5, 5.41) is 29.2. The van der Waals surface area contributed by atoms with E-state index in [1.54, 1.807) is 7.11 Å². The topological polar surface area (TPSA) is 88.2 Å². The van der Waals surface area contributed by atoms with Crippen LogP contribution in [0.3, 0.4) is 0 Å². The summed E-state index contributed by atoms with van der Waals surface area (Å²) in [4.78, 5) is 0. The molecule has 1 saturated carbocycles. The molecule has 5 rings (SSSR count). The lowest BCUT2D eigenvalue weighted by Gasteiger charge is -2.15. The summed E-state index contributed by atoms with van der Waals surface area (Å²) in [6.45, 7) is 4.24. The van der Waals surface area contributed by atoms with Gasteiger partial charge in [0.15, 0.2) is 10.6 Å². The van der Waals surface area contributed by atoms with Gasteiger partial charge in [-0.25, -0.2) is 0 Å². The lowest BCUT2D eigenvalue weighted by molar-refractivity contribution is 0.416. The van der Waals surface area contributed by atoms with Gasteiger partial charge in [0.05, 0.1) is 23.9 Å². The van der Waals surface area contributed by atoms with Gasteiger partial charge in [-0.15, -0.1) is 0 Å². The maximum Gasteiger partial charge on any atom is 0.200 e. The Morgan fingerprint density at radius 2 is 1.94 bits per heavy atom. The van der Waals surface area contributed by atoms with Crippen LogP contribution in [0.5, 0.6) is 17.2 Å². The SMILES string of the molecule is COc1ccc(-n2c(-c3cc(C4CC4)c(O)cc3O)n[nH]c2=S)c2ccn(C(C)C)c12. The second-order valence-corrected chi connectivity index (χ2v) is 8.64. The number of aromatic amines is 1. The van der Waals surface area contributed by atoms with Gasteiger partial charge in [0.1, 0.15) is 17.2 Å². The summed E-state index contributed by atoms with van der Waals surface area (Å²) >= 11 is 5.58. The third kappa shape index (κ3) is 3.09. The molecule has 4 aromatic rings. The van der Waals surface area contributed by atoms with Crippen molar-refractivity contribution >= 4 is 23.1 Å². The number of benzene rings is 2. The number of phenols is 2. The van der Waals surface area contributed by atoms with E-state index in [0.717, 1.165) is 40.7 Å². The Kier molecular flexibility index (Phi) is 4.55. The van der Waals surface area contributed by atoms with Crippen LogP contribution in [0, 0.1) is 4.77 Å². The average molecular weight is 437 g/mol. The van der Waals surface area contributed by atoms with E-state index in [1.165, 1.54) is 6.07 Å². The molecule has 0 amide bonds. The molecule has 2 heterocycles. The number of fused-ring (bicyclic) bond motifs is 1. The van der Waals surface area contributed by atoms with Crippen molar-refractivity contribution in [3.8, 4) is 34.3 Å². The van der Waals surface area contributed by atoms with Crippen molar-refractivity contribution in [3.05, 3.63) is 46.9 Å². The summed E-state index contributed by atoms with van der Waals surface area (Å²) < 4.78 is 10.0. The van der Waals surface area contributed by atoms with Crippen LogP contribution < -0.4 is 4.74 Å². The van der Waals surface area contributed by atoms with Crippen LogP contribution in [0.15, 0.2) is 36.5 Å². The fourth-order valence-electron chi connectivity index (χ4n) is 4.22. The molecule has 1 aliphatic carbocycles. The van der Waals surface area contributed by atoms with Crippen molar-refractivity contribution in [2.75, 3.05) is 7.11 Å². The Morgan fingerprint density at radius 1 is 1.16 bits per heavy atom. The number of ether oxygens (including phenoxy) is 1. The Balaban J connectivity index is 1.77. The highest BCUT2D eigenvalue weighted by atomic mass is 32.1. The number of hydrogen-bond acceptors (Lipinski definition) is 5. The number of H-pyrrole nitrogens is 1. The van der Waals surface area contributed by atoms with Gasteiger partial charge in [-0.1, -0.05) is 0 Å². The smallest absolute Gasteiger partial charge is 0.200 e. The van der Waals surface area contributed by atoms with E-state index in [-0.39, 0.29) is 17.5 Å². The molecule has 0 atom stereocenters. The van der Waals surface area contributed by atoms with Gasteiger partial charge in [-0.3, -0.25) is 9.67 Å². The van der Waals surface area contributed by atoms with Gasteiger partial charge in [-0.2, -0.15) is 5.10 Å². The highest BCUT2D eigenvalue weighted by molar-refractivity contribution is 7.71. The Labute approximate surface area is 184 Å². The average Bonchev–Trinajstić information content (AvgIpc) is 3.36. The van der Waals surface area contributed by atoms with Gasteiger partial charge in [0.25, 0.3) is 0 Å². The first-order valence-corrected chi connectivity index (χ1v) is 10.7. The normalized spacial score (nSPS) is 13.9. The predicted octanol–water partition coefficient (Wildman–Crippen LogP) is 5.43. The number of methoxy groups -OCH3 is 1. The molecule has 3 N–H and O–H groups in total. The van der Waals surface area contributed by atoms with E-state index >= 15 is 0 Å². The number of nitrogens with one attached hydrogen (secondary N) is 1. The third-order valence-electron chi connectivity index (χ3n) is 5.91. The monoisotopic (exact) mass is 436 g/mol. The van der Waals surface area contributed by atoms with E-state index < -0.39 is 0 Å². The Hall–Kier alpha value is -3.26. The molecule has 0 saturated heterocycles. The fraction of sp³-hybridized carbons (Fsp3) is 0.304. The van der Waals surface area contributed by atoms with Gasteiger partial charge in [0, 0.05) is 23.7 Å². The van der Waals surface area contributed by atoms with Crippen LogP contribution >= 0.6 is 12.2 Å². The summed E-state index contributed by atoms with van der Waals surface area (Å²) in [5.74, 6) is 1.67. The number of aromatic hydroxyl groups is 2. The number of nitrogens with zero attached hydrogens (tertiary/aromatic N) is 3. The first-order chi connectivity index (χ1) is 14.9. The number of rotatable bonds is 5. The molecular formula is C23H24N4O3S. The Bertz CT molecular complexity index is 1360. The van der Waals surface area contributed by atoms with Crippen molar-refractivity contribution < 1.29 is 14.9 Å². The summed E-state index contributed by atoms with van der Waals surface area (Å²) in [6, 6.07) is 9.37. The molecule has 8 heteroatoms. The molecule has 1 aliphatic rings. The maximum atomic E-state index is 10.6. The van der Waals surface area contributed by atoms with Crippen LogP contribution in [0.2, 0.25) is 0 Å². The second-order valence-electron chi connectivity index (χ2n) is 8.26. The first kappa shape index (κ1) is 19.7. The number of phenolic OH excluding ortho intramolecular Hbond substituents is 2. The van der Waals surface area contributed by atoms with Gasteiger partial charge in [-0.05, 0) is 74.7 Å². The lowest BCUT2D eigenvalue weighted by Crippen LogP contribution is -2.03. The van der Waals surface area contributed by atoms with Crippen LogP contribution in [-0.4, -0.2) is 36.7 Å². The maximum absolute atomic E-state index is 10.6. The van der Waals surface area contributed by atoms with Crippen LogP contribution in [-0.2, 0) is 0 Å². The second kappa shape index (κ2) is 7.16. The first-order valence-electron chi connectivity index (χ1n) is 10.3. The van der Waals surface area contributed by atoms with E-state index in [0.29, 0.717) is 22.1 Å². The molecule has 2 aromatic heterocycles. The van der Waals surface area contributed by atoms with E-state index in [2.05, 4.69) is 28.6 Å². The standard InChI is InChI=1S/C23H24N4O3S/c1-12(2)26-9-8-14-17(6-7-20(30-3)21(14)26)27-22(24-25-23(27)31)16-10-15(13-4-5-13)18(28)11-19(16)29/h6-13,28-29H,4-5H2,1-3H3,(H,25,31). The van der Waals surface area contributed by atoms with E-state index in [9.17, 15) is 10.2 Å². The third-order valence-corrected chi connectivity index (χ3v) is 6.18. The zero-order valence-corrected chi connectivity index (χ0v) is 18.4. The molecule has 0 unspecified atom stereocenters. The quantitative estimate of drug-likeness (QED) is 0.363. The number of hydrogen-bond donors (Lipinski definition) is 3. The molecule has 0 radical (unpaired) electrons. The minimum absolute atomic E-state index is 0.0401. The van der Waals surface area contributed by atoms with Crippen LogP contribution in [0.4, 0.5) is 0 Å². The lowest BCUT2D eigenvalue weighted by atomic mass is 10.0. The van der Waals surface area contributed by atoms with Crippen LogP contribution in [0.25, 0.3) is 28.0 Å². The molecule has 1 fully saturated rings. The predicted molar refractivity (Wildman–Crippen MR) is 122 cm³/mol. The fourth-order valence-corrected chi connectivity index (χ4v) is 4.45. The molecule has 160 valence electrons. The highest BCUT2D eigenvalue weighted by Gasteiger charge is 2.29. The van der Waals surface area contributed by atoms with Crippen molar-refractivity contribution in [2.45, 2.75) is 38.6 Å². The van der Waals surface area contributed by atoms with Crippen molar-refractivity contribution in [1.29, 1.82) is 0 Å². The summed E-state index contributed by atoms with van der Waals surface area (Å²) in [7, 11) is 1.66. The van der Waals surface area contributed by atoms with Gasteiger partial charge < -0.3 is 19.5 Å². The molecule has 0 bridgehead atoms. The van der Waals surface area contributed by atoms with Crippen molar-refractivity contribution in [1.82, 2.24) is 19.3 Å². The van der Waals surface area contributed by atoms with Gasteiger partial charge >= 0.3 is 0 Å². The number of aromatic nitrogens is 4. The van der Waals surface area contributed by atoms with Crippen molar-refractivity contribution in [3.63, 3.8) is 0 Å². The minimum atomic E-state index is -0.0401. The van der Waals surface area contributed by atoms with E-state index in [1.807, 2.05) is 35.0 Å². The van der Waals surface area contributed by atoms with Crippen molar-refractivity contribution in [2.24, 2.45) is 0 Å². The summed E-state index contributed by atoms with van der Waals surface area (Å²) in [5.41, 5.74) is 3.17. The molecule has 2 aromatic carbocycles. The van der Waals surface area contributed by atoms with Crippen LogP contribution in [0.1, 0.15) is 44.2 Å². The molecule has 7 nitrogen and oxygen atoms in total. The molecular weight excluding hydrogens is 412 g/mol. The zero-order valence-electron chi connectivity index (χ0n) is 17.6. The summed E-state index contributed by atoms with van der Waals surface area (Å²) in [6.07, 6.45) is 4.10. The Morgan fingerprint density at radius 3 is 2.61 bits per heavy atom. The molecule has 0 spiro atoms. The van der Waals surface area contributed by atoms with Gasteiger partial charge in [0.2, 0.25) is 0 Å². The zero-order chi connectivity index (χ0) is 21.9. The minimum Gasteiger partial charge on any atom is -0.508 e. The van der Waals surface area contributed by atoms with E-state index in [4.69, 9.17) is 17.0 Å². The molecule has 31 heavy (non-hydrogen) atoms. The molecule has 0 aliphatic heterocycles.